The van der Waals surface area contributed by atoms with E-state index in [-0.39, 0.29) is 11.6 Å². The number of piperidine rings is 1. The average molecular weight is 290 g/mol. The van der Waals surface area contributed by atoms with Crippen LogP contribution in [0.2, 0.25) is 0 Å². The number of hydrogen-bond acceptors (Lipinski definition) is 2. The van der Waals surface area contributed by atoms with Crippen molar-refractivity contribution in [3.63, 3.8) is 0 Å². The molecule has 1 aliphatic rings. The zero-order chi connectivity index (χ0) is 15.6. The van der Waals surface area contributed by atoms with Crippen molar-refractivity contribution in [3.05, 3.63) is 29.3 Å². The normalized spacial score (nSPS) is 22.0. The summed E-state index contributed by atoms with van der Waals surface area (Å²) < 4.78 is 0. The minimum absolute atomic E-state index is 0.153. The van der Waals surface area contributed by atoms with E-state index in [0.717, 1.165) is 25.1 Å². The van der Waals surface area contributed by atoms with Crippen molar-refractivity contribution in [3.8, 4) is 0 Å². The summed E-state index contributed by atoms with van der Waals surface area (Å²) in [6, 6.07) is 4.60. The van der Waals surface area contributed by atoms with Crippen LogP contribution < -0.4 is 5.32 Å². The van der Waals surface area contributed by atoms with E-state index in [2.05, 4.69) is 19.2 Å². The number of urea groups is 1. The molecule has 1 aromatic rings. The summed E-state index contributed by atoms with van der Waals surface area (Å²) >= 11 is 0. The van der Waals surface area contributed by atoms with Gasteiger partial charge >= 0.3 is 12.0 Å². The molecule has 1 fully saturated rings. The number of carbonyl (C=O) groups is 2. The van der Waals surface area contributed by atoms with Gasteiger partial charge in [0.15, 0.2) is 0 Å². The Kier molecular flexibility index (Phi) is 4.50. The molecule has 2 rings (SSSR count). The molecule has 0 radical (unpaired) electrons. The summed E-state index contributed by atoms with van der Waals surface area (Å²) in [5.41, 5.74) is 1.59. The van der Waals surface area contributed by atoms with Gasteiger partial charge in [0.1, 0.15) is 0 Å². The molecular weight excluding hydrogens is 268 g/mol. The van der Waals surface area contributed by atoms with Crippen molar-refractivity contribution in [2.24, 2.45) is 11.8 Å². The maximum Gasteiger partial charge on any atom is 0.335 e. The lowest BCUT2D eigenvalue weighted by atomic mass is 9.89. The van der Waals surface area contributed by atoms with Gasteiger partial charge in [0.05, 0.1) is 5.56 Å². The van der Waals surface area contributed by atoms with Crippen LogP contribution in [-0.4, -0.2) is 35.1 Å². The molecule has 21 heavy (non-hydrogen) atoms. The van der Waals surface area contributed by atoms with Gasteiger partial charge in [0.25, 0.3) is 0 Å². The minimum Gasteiger partial charge on any atom is -0.478 e. The number of carbonyl (C=O) groups excluding carboxylic acids is 1. The highest BCUT2D eigenvalue weighted by Crippen LogP contribution is 2.24. The van der Waals surface area contributed by atoms with Gasteiger partial charge in [-0.3, -0.25) is 0 Å². The van der Waals surface area contributed by atoms with Crippen LogP contribution in [0.15, 0.2) is 18.2 Å². The first kappa shape index (κ1) is 15.4. The van der Waals surface area contributed by atoms with Crippen molar-refractivity contribution in [2.45, 2.75) is 27.2 Å². The Hall–Kier alpha value is -2.04. The van der Waals surface area contributed by atoms with E-state index in [1.807, 2.05) is 6.92 Å². The molecule has 1 aliphatic heterocycles. The van der Waals surface area contributed by atoms with Crippen LogP contribution in [-0.2, 0) is 0 Å². The maximum atomic E-state index is 12.3. The quantitative estimate of drug-likeness (QED) is 0.878. The standard InChI is InChI=1S/C16H22N2O3/c1-10-6-7-18(9-12(10)3)16(21)17-14-8-13(15(19)20)5-4-11(14)2/h4-5,8,10,12H,6-7,9H2,1-3H3,(H,17,21)(H,19,20). The molecule has 2 amide bonds. The molecule has 2 N–H and O–H groups in total. The van der Waals surface area contributed by atoms with Crippen LogP contribution in [0.1, 0.15) is 36.2 Å². The summed E-state index contributed by atoms with van der Waals surface area (Å²) in [4.78, 5) is 25.1. The number of carboxylic acids is 1. The first-order valence-corrected chi connectivity index (χ1v) is 7.28. The molecule has 5 heteroatoms. The van der Waals surface area contributed by atoms with E-state index in [0.29, 0.717) is 17.5 Å². The van der Waals surface area contributed by atoms with Crippen molar-refractivity contribution < 1.29 is 14.7 Å². The third-order valence-electron chi connectivity index (χ3n) is 4.35. The van der Waals surface area contributed by atoms with E-state index < -0.39 is 5.97 Å². The van der Waals surface area contributed by atoms with E-state index in [4.69, 9.17) is 5.11 Å². The molecule has 1 heterocycles. The lowest BCUT2D eigenvalue weighted by molar-refractivity contribution is 0.0697. The number of nitrogens with zero attached hydrogens (tertiary/aromatic N) is 1. The number of likely N-dealkylation sites (tertiary alicyclic amines) is 1. The highest BCUT2D eigenvalue weighted by atomic mass is 16.4. The predicted octanol–water partition coefficient (Wildman–Crippen LogP) is 3.20. The molecule has 0 spiro atoms. The van der Waals surface area contributed by atoms with Crippen LogP contribution in [0, 0.1) is 18.8 Å². The first-order valence-electron chi connectivity index (χ1n) is 7.28. The Morgan fingerprint density at radius 2 is 2.00 bits per heavy atom. The molecule has 0 saturated carbocycles. The topological polar surface area (TPSA) is 69.6 Å². The fraction of sp³-hybridized carbons (Fsp3) is 0.500. The van der Waals surface area contributed by atoms with Gasteiger partial charge in [0.2, 0.25) is 0 Å². The number of aromatic carboxylic acids is 1. The monoisotopic (exact) mass is 290 g/mol. The summed E-state index contributed by atoms with van der Waals surface area (Å²) in [7, 11) is 0. The third kappa shape index (κ3) is 3.54. The molecule has 2 atom stereocenters. The molecule has 0 aromatic heterocycles. The van der Waals surface area contributed by atoms with E-state index in [9.17, 15) is 9.59 Å². The Bertz CT molecular complexity index is 556. The number of rotatable bonds is 2. The Morgan fingerprint density at radius 1 is 1.29 bits per heavy atom. The number of carboxylic acid groups (broad SMARTS) is 1. The number of benzene rings is 1. The molecular formula is C16H22N2O3. The highest BCUT2D eigenvalue weighted by Gasteiger charge is 2.26. The van der Waals surface area contributed by atoms with Crippen LogP contribution >= 0.6 is 0 Å². The molecule has 0 bridgehead atoms. The second kappa shape index (κ2) is 6.16. The SMILES string of the molecule is Cc1ccc(C(=O)O)cc1NC(=O)N1CCC(C)C(C)C1. The summed E-state index contributed by atoms with van der Waals surface area (Å²) in [6.45, 7) is 7.70. The van der Waals surface area contributed by atoms with E-state index in [1.54, 1.807) is 11.0 Å². The fourth-order valence-corrected chi connectivity index (χ4v) is 2.53. The second-order valence-corrected chi connectivity index (χ2v) is 5.95. The van der Waals surface area contributed by atoms with Crippen LogP contribution in [0.25, 0.3) is 0 Å². The lowest BCUT2D eigenvalue weighted by Gasteiger charge is -2.35. The summed E-state index contributed by atoms with van der Waals surface area (Å²) in [5, 5.41) is 11.9. The van der Waals surface area contributed by atoms with Crippen LogP contribution in [0.3, 0.4) is 0 Å². The Labute approximate surface area is 125 Å². The fourth-order valence-electron chi connectivity index (χ4n) is 2.53. The van der Waals surface area contributed by atoms with Gasteiger partial charge in [-0.05, 0) is 42.9 Å². The molecule has 1 aromatic carbocycles. The van der Waals surface area contributed by atoms with E-state index >= 15 is 0 Å². The predicted molar refractivity (Wildman–Crippen MR) is 81.7 cm³/mol. The van der Waals surface area contributed by atoms with Gasteiger partial charge in [-0.2, -0.15) is 0 Å². The number of amides is 2. The Balaban J connectivity index is 2.09. The summed E-state index contributed by atoms with van der Waals surface area (Å²) in [6.07, 6.45) is 1.00. The highest BCUT2D eigenvalue weighted by molar-refractivity contribution is 5.94. The maximum absolute atomic E-state index is 12.3. The zero-order valence-corrected chi connectivity index (χ0v) is 12.7. The largest absolute Gasteiger partial charge is 0.478 e. The summed E-state index contributed by atoms with van der Waals surface area (Å²) in [5.74, 6) is 0.119. The molecule has 0 aliphatic carbocycles. The number of nitrogens with one attached hydrogen (secondary N) is 1. The number of hydrogen-bond donors (Lipinski definition) is 2. The van der Waals surface area contributed by atoms with E-state index in [1.165, 1.54) is 12.1 Å². The van der Waals surface area contributed by atoms with Gasteiger partial charge in [-0.1, -0.05) is 19.9 Å². The first-order chi connectivity index (χ1) is 9.88. The van der Waals surface area contributed by atoms with Gasteiger partial charge in [-0.15, -0.1) is 0 Å². The molecule has 1 saturated heterocycles. The Morgan fingerprint density at radius 3 is 2.62 bits per heavy atom. The molecule has 5 nitrogen and oxygen atoms in total. The van der Waals surface area contributed by atoms with Gasteiger partial charge in [-0.25, -0.2) is 9.59 Å². The average Bonchev–Trinajstić information content (AvgIpc) is 2.43. The number of aryl methyl sites for hydroxylation is 1. The smallest absolute Gasteiger partial charge is 0.335 e. The molecule has 2 unspecified atom stereocenters. The lowest BCUT2D eigenvalue weighted by Crippen LogP contribution is -2.44. The zero-order valence-electron chi connectivity index (χ0n) is 12.7. The second-order valence-electron chi connectivity index (χ2n) is 5.95. The van der Waals surface area contributed by atoms with Gasteiger partial charge in [0, 0.05) is 18.8 Å². The van der Waals surface area contributed by atoms with Crippen molar-refractivity contribution in [2.75, 3.05) is 18.4 Å². The van der Waals surface area contributed by atoms with Crippen molar-refractivity contribution in [1.29, 1.82) is 0 Å². The van der Waals surface area contributed by atoms with Gasteiger partial charge < -0.3 is 15.3 Å². The third-order valence-corrected chi connectivity index (χ3v) is 4.35. The van der Waals surface area contributed by atoms with Crippen molar-refractivity contribution in [1.82, 2.24) is 4.90 Å². The molecule has 114 valence electrons. The minimum atomic E-state index is -0.995. The van der Waals surface area contributed by atoms with Crippen LogP contribution in [0.4, 0.5) is 10.5 Å². The van der Waals surface area contributed by atoms with Crippen molar-refractivity contribution >= 4 is 17.7 Å². The number of anilines is 1. The van der Waals surface area contributed by atoms with Crippen LogP contribution in [0.5, 0.6) is 0 Å².